The topological polar surface area (TPSA) is 58.7 Å². The first-order valence-corrected chi connectivity index (χ1v) is 6.27. The Morgan fingerprint density at radius 1 is 1.10 bits per heavy atom. The van der Waals surface area contributed by atoms with Crippen LogP contribution < -0.4 is 14.2 Å². The van der Waals surface area contributed by atoms with Crippen LogP contribution in [0.1, 0.15) is 11.7 Å². The Hall–Kier alpha value is -1.50. The van der Waals surface area contributed by atoms with Gasteiger partial charge in [0.05, 0.1) is 27.9 Å². The highest BCUT2D eigenvalue weighted by atomic mass is 16.7. The summed E-state index contributed by atoms with van der Waals surface area (Å²) < 4.78 is 32.0. The van der Waals surface area contributed by atoms with Gasteiger partial charge in [-0.2, -0.15) is 0 Å². The molecule has 1 aliphatic rings. The van der Waals surface area contributed by atoms with Crippen LogP contribution in [-0.2, 0) is 14.2 Å². The average Bonchev–Trinajstić information content (AvgIpc) is 3.31. The molecule has 1 aromatic rings. The highest BCUT2D eigenvalue weighted by Gasteiger charge is 2.36. The minimum atomic E-state index is -0.219. The SMILES string of the molecule is COCO[C@H](c1cc(OC)c(OC)c(OC)c1)[C@@H]1CO1. The summed E-state index contributed by atoms with van der Waals surface area (Å²) in [5.74, 6) is 1.74. The van der Waals surface area contributed by atoms with Gasteiger partial charge in [-0.3, -0.25) is 0 Å². The first-order valence-electron chi connectivity index (χ1n) is 6.27. The fraction of sp³-hybridized carbons (Fsp3) is 0.571. The molecule has 112 valence electrons. The van der Waals surface area contributed by atoms with Crippen LogP contribution in [-0.4, -0.2) is 47.9 Å². The van der Waals surface area contributed by atoms with E-state index in [1.54, 1.807) is 28.4 Å². The molecule has 0 aromatic heterocycles. The van der Waals surface area contributed by atoms with Crippen LogP contribution in [0.25, 0.3) is 0 Å². The van der Waals surface area contributed by atoms with Gasteiger partial charge in [-0.15, -0.1) is 0 Å². The van der Waals surface area contributed by atoms with Gasteiger partial charge in [0.15, 0.2) is 11.5 Å². The lowest BCUT2D eigenvalue weighted by molar-refractivity contribution is -0.0814. The van der Waals surface area contributed by atoms with Gasteiger partial charge in [0.1, 0.15) is 19.0 Å². The Kier molecular flexibility index (Phi) is 5.05. The predicted molar refractivity (Wildman–Crippen MR) is 71.5 cm³/mol. The van der Waals surface area contributed by atoms with E-state index in [2.05, 4.69) is 0 Å². The average molecular weight is 284 g/mol. The van der Waals surface area contributed by atoms with Gasteiger partial charge in [0.2, 0.25) is 5.75 Å². The summed E-state index contributed by atoms with van der Waals surface area (Å²) in [5.41, 5.74) is 0.902. The van der Waals surface area contributed by atoms with Crippen molar-refractivity contribution in [2.45, 2.75) is 12.2 Å². The van der Waals surface area contributed by atoms with E-state index in [4.69, 9.17) is 28.4 Å². The van der Waals surface area contributed by atoms with Gasteiger partial charge in [0.25, 0.3) is 0 Å². The number of hydrogen-bond acceptors (Lipinski definition) is 6. The Morgan fingerprint density at radius 3 is 2.10 bits per heavy atom. The number of methoxy groups -OCH3 is 4. The molecule has 1 fully saturated rings. The molecule has 2 rings (SSSR count). The zero-order valence-electron chi connectivity index (χ0n) is 12.2. The Balaban J connectivity index is 2.33. The number of benzene rings is 1. The largest absolute Gasteiger partial charge is 0.493 e. The summed E-state index contributed by atoms with van der Waals surface area (Å²) in [4.78, 5) is 0. The van der Waals surface area contributed by atoms with Crippen LogP contribution in [0.3, 0.4) is 0 Å². The number of ether oxygens (including phenoxy) is 6. The summed E-state index contributed by atoms with van der Waals surface area (Å²) in [7, 11) is 6.32. The van der Waals surface area contributed by atoms with Crippen molar-refractivity contribution in [1.82, 2.24) is 0 Å². The minimum Gasteiger partial charge on any atom is -0.493 e. The predicted octanol–water partition coefficient (Wildman–Crippen LogP) is 1.77. The van der Waals surface area contributed by atoms with Crippen LogP contribution in [0.15, 0.2) is 12.1 Å². The second-order valence-electron chi connectivity index (χ2n) is 4.32. The van der Waals surface area contributed by atoms with Crippen molar-refractivity contribution in [1.29, 1.82) is 0 Å². The number of epoxide rings is 1. The molecule has 0 amide bonds. The molecule has 1 heterocycles. The van der Waals surface area contributed by atoms with Gasteiger partial charge in [-0.05, 0) is 17.7 Å². The number of hydrogen-bond donors (Lipinski definition) is 0. The maximum absolute atomic E-state index is 5.67. The Labute approximate surface area is 118 Å². The summed E-state index contributed by atoms with van der Waals surface area (Å²) >= 11 is 0. The lowest BCUT2D eigenvalue weighted by atomic mass is 10.1. The van der Waals surface area contributed by atoms with E-state index in [-0.39, 0.29) is 19.0 Å². The summed E-state index contributed by atoms with van der Waals surface area (Å²) in [6.07, 6.45) is -0.184. The Bertz CT molecular complexity index is 418. The first-order chi connectivity index (χ1) is 9.74. The van der Waals surface area contributed by atoms with Gasteiger partial charge >= 0.3 is 0 Å². The normalized spacial score (nSPS) is 18.5. The zero-order valence-corrected chi connectivity index (χ0v) is 12.2. The maximum atomic E-state index is 5.67. The van der Waals surface area contributed by atoms with Crippen LogP contribution in [0.5, 0.6) is 17.2 Å². The van der Waals surface area contributed by atoms with Gasteiger partial charge < -0.3 is 28.4 Å². The second-order valence-corrected chi connectivity index (χ2v) is 4.32. The second kappa shape index (κ2) is 6.78. The Morgan fingerprint density at radius 2 is 1.70 bits per heavy atom. The lowest BCUT2D eigenvalue weighted by Gasteiger charge is -2.19. The number of rotatable bonds is 8. The van der Waals surface area contributed by atoms with E-state index >= 15 is 0 Å². The van der Waals surface area contributed by atoms with Crippen molar-refractivity contribution in [2.24, 2.45) is 0 Å². The third kappa shape index (κ3) is 3.15. The standard InChI is InChI=1S/C14H20O6/c1-15-8-20-13(12-7-19-12)9-5-10(16-2)14(18-4)11(6-9)17-3/h5-6,12-13H,7-8H2,1-4H3/t12-,13+/m0/s1. The molecule has 1 aliphatic heterocycles. The smallest absolute Gasteiger partial charge is 0.203 e. The van der Waals surface area contributed by atoms with E-state index in [1.165, 1.54) is 0 Å². The summed E-state index contributed by atoms with van der Waals surface area (Å²) in [6.45, 7) is 0.867. The molecule has 0 radical (unpaired) electrons. The van der Waals surface area contributed by atoms with E-state index in [9.17, 15) is 0 Å². The summed E-state index contributed by atoms with van der Waals surface area (Å²) in [6, 6.07) is 3.73. The molecule has 0 aliphatic carbocycles. The fourth-order valence-electron chi connectivity index (χ4n) is 2.06. The molecule has 1 aromatic carbocycles. The zero-order chi connectivity index (χ0) is 14.5. The molecule has 0 unspecified atom stereocenters. The molecular formula is C14H20O6. The monoisotopic (exact) mass is 284 g/mol. The van der Waals surface area contributed by atoms with Crippen LogP contribution in [0, 0.1) is 0 Å². The molecule has 2 atom stereocenters. The molecule has 0 bridgehead atoms. The quantitative estimate of drug-likeness (QED) is 0.535. The van der Waals surface area contributed by atoms with Gasteiger partial charge in [0, 0.05) is 7.11 Å². The van der Waals surface area contributed by atoms with Crippen molar-refractivity contribution in [3.05, 3.63) is 17.7 Å². The van der Waals surface area contributed by atoms with Crippen LogP contribution in [0.2, 0.25) is 0 Å². The van der Waals surface area contributed by atoms with Crippen molar-refractivity contribution >= 4 is 0 Å². The molecule has 20 heavy (non-hydrogen) atoms. The molecule has 6 heteroatoms. The minimum absolute atomic E-state index is 0.0351. The van der Waals surface area contributed by atoms with E-state index in [0.29, 0.717) is 23.9 Å². The summed E-state index contributed by atoms with van der Waals surface area (Å²) in [5, 5.41) is 0. The molecule has 0 N–H and O–H groups in total. The maximum Gasteiger partial charge on any atom is 0.203 e. The molecule has 1 saturated heterocycles. The first kappa shape index (κ1) is 14.9. The highest BCUT2D eigenvalue weighted by molar-refractivity contribution is 5.54. The van der Waals surface area contributed by atoms with Gasteiger partial charge in [-0.25, -0.2) is 0 Å². The van der Waals surface area contributed by atoms with Crippen molar-refractivity contribution in [3.63, 3.8) is 0 Å². The van der Waals surface area contributed by atoms with Crippen molar-refractivity contribution in [3.8, 4) is 17.2 Å². The van der Waals surface area contributed by atoms with E-state index in [0.717, 1.165) is 5.56 Å². The lowest BCUT2D eigenvalue weighted by Crippen LogP contribution is -2.13. The van der Waals surface area contributed by atoms with E-state index < -0.39 is 0 Å². The van der Waals surface area contributed by atoms with Crippen LogP contribution in [0.4, 0.5) is 0 Å². The van der Waals surface area contributed by atoms with Crippen LogP contribution >= 0.6 is 0 Å². The van der Waals surface area contributed by atoms with Crippen molar-refractivity contribution < 1.29 is 28.4 Å². The van der Waals surface area contributed by atoms with Crippen molar-refractivity contribution in [2.75, 3.05) is 41.8 Å². The van der Waals surface area contributed by atoms with Gasteiger partial charge in [-0.1, -0.05) is 0 Å². The molecule has 0 saturated carbocycles. The third-order valence-corrected chi connectivity index (χ3v) is 3.08. The molecule has 6 nitrogen and oxygen atoms in total. The molecule has 0 spiro atoms. The molecular weight excluding hydrogens is 264 g/mol. The third-order valence-electron chi connectivity index (χ3n) is 3.08. The van der Waals surface area contributed by atoms with E-state index in [1.807, 2.05) is 12.1 Å². The fourth-order valence-corrected chi connectivity index (χ4v) is 2.06. The highest BCUT2D eigenvalue weighted by Crippen LogP contribution is 2.42.